The van der Waals surface area contributed by atoms with Crippen LogP contribution in [0.5, 0.6) is 0 Å². The van der Waals surface area contributed by atoms with Gasteiger partial charge < -0.3 is 0 Å². The topological polar surface area (TPSA) is 39.7 Å². The Bertz CT molecular complexity index is 135. The van der Waals surface area contributed by atoms with Crippen LogP contribution in [0.1, 0.15) is 26.2 Å². The summed E-state index contributed by atoms with van der Waals surface area (Å²) in [6.07, 6.45) is 5.62. The van der Waals surface area contributed by atoms with E-state index in [0.717, 1.165) is 19.6 Å². The maximum Gasteiger partial charge on any atom is 0.100 e. The van der Waals surface area contributed by atoms with Crippen molar-refractivity contribution in [3.63, 3.8) is 0 Å². The lowest BCUT2D eigenvalue weighted by Crippen LogP contribution is -2.45. The lowest BCUT2D eigenvalue weighted by molar-refractivity contribution is 0.280. The van der Waals surface area contributed by atoms with Crippen LogP contribution in [-0.4, -0.2) is 31.0 Å². The molecule has 1 aliphatic rings. The molecule has 0 spiro atoms. The van der Waals surface area contributed by atoms with Crippen LogP contribution in [0.2, 0.25) is 0 Å². The number of aliphatic imine (C=N–C) groups is 1. The van der Waals surface area contributed by atoms with E-state index in [2.05, 4.69) is 22.9 Å². The molecule has 0 bridgehead atoms. The first-order valence-corrected chi connectivity index (χ1v) is 4.68. The van der Waals surface area contributed by atoms with E-state index < -0.39 is 0 Å². The molecule has 0 saturated carbocycles. The third-order valence-electron chi connectivity index (χ3n) is 1.82. The minimum absolute atomic E-state index is 0.906. The van der Waals surface area contributed by atoms with Crippen LogP contribution in [0.15, 0.2) is 4.99 Å². The fourth-order valence-corrected chi connectivity index (χ4v) is 1.09. The van der Waals surface area contributed by atoms with E-state index in [9.17, 15) is 0 Å². The van der Waals surface area contributed by atoms with Crippen molar-refractivity contribution < 1.29 is 0 Å². The molecule has 0 atom stereocenters. The van der Waals surface area contributed by atoms with Gasteiger partial charge in [-0.15, -0.1) is 0 Å². The number of hydrogen-bond donors (Lipinski definition) is 2. The Kier molecular flexibility index (Phi) is 4.71. The van der Waals surface area contributed by atoms with Gasteiger partial charge in [0.15, 0.2) is 0 Å². The Balaban J connectivity index is 1.85. The number of nitrogens with zero attached hydrogens (tertiary/aromatic N) is 2. The van der Waals surface area contributed by atoms with Crippen molar-refractivity contribution in [3.05, 3.63) is 0 Å². The van der Waals surface area contributed by atoms with Crippen molar-refractivity contribution in [3.8, 4) is 0 Å². The molecule has 0 aliphatic carbocycles. The lowest BCUT2D eigenvalue weighted by atomic mass is 10.3. The van der Waals surface area contributed by atoms with E-state index in [4.69, 9.17) is 0 Å². The number of rotatable bonds is 6. The molecule has 0 fully saturated rings. The Morgan fingerprint density at radius 2 is 2.42 bits per heavy atom. The van der Waals surface area contributed by atoms with Gasteiger partial charge in [0.25, 0.3) is 0 Å². The standard InChI is InChI=1S/C8H18N4/c1-2-3-4-5-10-11-12-7-6-9-8-12/h8,10-11H,2-7H2,1H3. The van der Waals surface area contributed by atoms with Gasteiger partial charge in [0.05, 0.1) is 13.1 Å². The van der Waals surface area contributed by atoms with Crippen molar-refractivity contribution in [2.75, 3.05) is 19.6 Å². The molecule has 0 saturated heterocycles. The summed E-state index contributed by atoms with van der Waals surface area (Å²) >= 11 is 0. The van der Waals surface area contributed by atoms with Gasteiger partial charge in [-0.25, -0.2) is 5.43 Å². The van der Waals surface area contributed by atoms with Crippen LogP contribution in [0.4, 0.5) is 0 Å². The first kappa shape index (κ1) is 9.48. The molecule has 0 amide bonds. The summed E-state index contributed by atoms with van der Waals surface area (Å²) in [6, 6.07) is 0. The molecule has 1 heterocycles. The van der Waals surface area contributed by atoms with E-state index in [-0.39, 0.29) is 0 Å². The lowest BCUT2D eigenvalue weighted by Gasteiger charge is -2.15. The van der Waals surface area contributed by atoms with Crippen molar-refractivity contribution in [2.24, 2.45) is 4.99 Å². The number of unbranched alkanes of at least 4 members (excludes halogenated alkanes) is 2. The summed E-state index contributed by atoms with van der Waals surface area (Å²) in [5, 5.41) is 1.96. The minimum Gasteiger partial charge on any atom is -0.283 e. The Morgan fingerprint density at radius 3 is 3.08 bits per heavy atom. The van der Waals surface area contributed by atoms with Crippen LogP contribution in [0.3, 0.4) is 0 Å². The molecular weight excluding hydrogens is 152 g/mol. The van der Waals surface area contributed by atoms with Crippen LogP contribution in [0, 0.1) is 0 Å². The fourth-order valence-electron chi connectivity index (χ4n) is 1.09. The molecule has 1 aliphatic heterocycles. The predicted octanol–water partition coefficient (Wildman–Crippen LogP) is 0.530. The first-order chi connectivity index (χ1) is 5.93. The van der Waals surface area contributed by atoms with Gasteiger partial charge in [0.1, 0.15) is 6.34 Å². The molecule has 4 nitrogen and oxygen atoms in total. The molecular formula is C8H18N4. The summed E-state index contributed by atoms with van der Waals surface area (Å²) in [6.45, 7) is 5.11. The predicted molar refractivity (Wildman–Crippen MR) is 50.7 cm³/mol. The van der Waals surface area contributed by atoms with E-state index in [1.165, 1.54) is 19.3 Å². The monoisotopic (exact) mass is 170 g/mol. The van der Waals surface area contributed by atoms with E-state index in [0.29, 0.717) is 0 Å². The summed E-state index contributed by atoms with van der Waals surface area (Å²) in [5.41, 5.74) is 6.22. The minimum atomic E-state index is 0.906. The van der Waals surface area contributed by atoms with E-state index >= 15 is 0 Å². The molecule has 0 aromatic heterocycles. The van der Waals surface area contributed by atoms with Crippen LogP contribution >= 0.6 is 0 Å². The normalized spacial score (nSPS) is 15.9. The number of nitrogens with one attached hydrogen (secondary N) is 2. The van der Waals surface area contributed by atoms with Crippen LogP contribution in [-0.2, 0) is 0 Å². The fraction of sp³-hybridized carbons (Fsp3) is 0.875. The van der Waals surface area contributed by atoms with Crippen molar-refractivity contribution in [2.45, 2.75) is 26.2 Å². The molecule has 0 aromatic rings. The average molecular weight is 170 g/mol. The highest BCUT2D eigenvalue weighted by molar-refractivity contribution is 5.56. The molecule has 4 heteroatoms. The maximum atomic E-state index is 4.08. The maximum absolute atomic E-state index is 4.08. The number of hydrazine groups is 2. The summed E-state index contributed by atoms with van der Waals surface area (Å²) < 4.78 is 0. The Labute approximate surface area is 74.0 Å². The molecule has 12 heavy (non-hydrogen) atoms. The van der Waals surface area contributed by atoms with Crippen molar-refractivity contribution >= 4 is 6.34 Å². The van der Waals surface area contributed by atoms with E-state index in [1.54, 1.807) is 0 Å². The Morgan fingerprint density at radius 1 is 1.50 bits per heavy atom. The largest absolute Gasteiger partial charge is 0.283 e. The second-order valence-electron chi connectivity index (χ2n) is 2.96. The average Bonchev–Trinajstić information content (AvgIpc) is 2.57. The first-order valence-electron chi connectivity index (χ1n) is 4.68. The van der Waals surface area contributed by atoms with Gasteiger partial charge in [0, 0.05) is 6.54 Å². The van der Waals surface area contributed by atoms with Gasteiger partial charge in [0.2, 0.25) is 0 Å². The SMILES string of the molecule is CCCCCNNN1C=NCC1. The quantitative estimate of drug-likeness (QED) is 0.451. The third-order valence-corrected chi connectivity index (χ3v) is 1.82. The highest BCUT2D eigenvalue weighted by Gasteiger charge is 2.01. The van der Waals surface area contributed by atoms with Gasteiger partial charge >= 0.3 is 0 Å². The van der Waals surface area contributed by atoms with Crippen molar-refractivity contribution in [1.82, 2.24) is 16.0 Å². The second kappa shape index (κ2) is 5.97. The molecule has 1 rings (SSSR count). The van der Waals surface area contributed by atoms with Gasteiger partial charge in [-0.05, 0) is 6.42 Å². The molecule has 0 radical (unpaired) electrons. The van der Waals surface area contributed by atoms with Crippen LogP contribution in [0.25, 0.3) is 0 Å². The van der Waals surface area contributed by atoms with Gasteiger partial charge in [-0.2, -0.15) is 5.53 Å². The van der Waals surface area contributed by atoms with Gasteiger partial charge in [-0.3, -0.25) is 10.0 Å². The zero-order valence-corrected chi connectivity index (χ0v) is 7.71. The molecule has 2 N–H and O–H groups in total. The zero-order chi connectivity index (χ0) is 8.65. The Hall–Kier alpha value is -0.610. The van der Waals surface area contributed by atoms with Crippen LogP contribution < -0.4 is 11.0 Å². The molecule has 70 valence electrons. The summed E-state index contributed by atoms with van der Waals surface area (Å²) in [7, 11) is 0. The highest BCUT2D eigenvalue weighted by atomic mass is 15.7. The van der Waals surface area contributed by atoms with E-state index in [1.807, 2.05) is 11.3 Å². The molecule has 0 aromatic carbocycles. The summed E-state index contributed by atoms with van der Waals surface area (Å²) in [5.74, 6) is 0. The number of hydrogen-bond acceptors (Lipinski definition) is 4. The third kappa shape index (κ3) is 3.69. The van der Waals surface area contributed by atoms with Gasteiger partial charge in [-0.1, -0.05) is 19.8 Å². The summed E-state index contributed by atoms with van der Waals surface area (Å²) in [4.78, 5) is 4.08. The highest BCUT2D eigenvalue weighted by Crippen LogP contribution is 1.90. The molecule has 0 unspecified atom stereocenters. The zero-order valence-electron chi connectivity index (χ0n) is 7.71. The second-order valence-corrected chi connectivity index (χ2v) is 2.96. The smallest absolute Gasteiger partial charge is 0.100 e. The van der Waals surface area contributed by atoms with Crippen molar-refractivity contribution in [1.29, 1.82) is 0 Å².